The SMILES string of the molecule is C[C@@H](c1ccccn1)n1ccc(-c2nn(-c3ccc(C(F)(F)F)cc3)c3ccc(CO)cc23)cc1=O. The van der Waals surface area contributed by atoms with E-state index in [0.717, 1.165) is 17.8 Å². The number of hydrogen-bond donors (Lipinski definition) is 1. The predicted molar refractivity (Wildman–Crippen MR) is 130 cm³/mol. The van der Waals surface area contributed by atoms with E-state index in [2.05, 4.69) is 10.1 Å². The third-order valence-electron chi connectivity index (χ3n) is 6.12. The molecular formula is C27H21F3N4O2. The maximum atomic E-state index is 13.0. The van der Waals surface area contributed by atoms with Gasteiger partial charge < -0.3 is 9.67 Å². The predicted octanol–water partition coefficient (Wildman–Crippen LogP) is 5.37. The lowest BCUT2D eigenvalue weighted by Gasteiger charge is -2.14. The number of aliphatic hydroxyl groups is 1. The Balaban J connectivity index is 1.62. The first-order valence-corrected chi connectivity index (χ1v) is 11.2. The number of rotatable bonds is 5. The average molecular weight is 490 g/mol. The number of pyridine rings is 2. The Labute approximate surface area is 203 Å². The number of alkyl halides is 3. The van der Waals surface area contributed by atoms with Gasteiger partial charge in [-0.3, -0.25) is 9.78 Å². The van der Waals surface area contributed by atoms with Crippen molar-refractivity contribution in [2.45, 2.75) is 25.7 Å². The van der Waals surface area contributed by atoms with Crippen molar-refractivity contribution in [3.05, 3.63) is 112 Å². The Morgan fingerprint density at radius 2 is 1.78 bits per heavy atom. The highest BCUT2D eigenvalue weighted by molar-refractivity contribution is 5.94. The van der Waals surface area contributed by atoms with Crippen LogP contribution in [-0.4, -0.2) is 24.4 Å². The minimum Gasteiger partial charge on any atom is -0.392 e. The smallest absolute Gasteiger partial charge is 0.392 e. The summed E-state index contributed by atoms with van der Waals surface area (Å²) in [6, 6.07) is 18.4. The zero-order valence-corrected chi connectivity index (χ0v) is 19.1. The second kappa shape index (κ2) is 9.09. The fourth-order valence-electron chi connectivity index (χ4n) is 4.19. The number of fused-ring (bicyclic) bond motifs is 1. The molecule has 0 amide bonds. The monoisotopic (exact) mass is 490 g/mol. The number of aromatic nitrogens is 4. The molecular weight excluding hydrogens is 469 g/mol. The van der Waals surface area contributed by atoms with Gasteiger partial charge in [0.25, 0.3) is 5.56 Å². The summed E-state index contributed by atoms with van der Waals surface area (Å²) in [5.41, 5.74) is 2.49. The fraction of sp³-hybridized carbons (Fsp3) is 0.148. The van der Waals surface area contributed by atoms with Gasteiger partial charge in [0, 0.05) is 29.4 Å². The molecule has 0 saturated heterocycles. The Morgan fingerprint density at radius 1 is 1.00 bits per heavy atom. The number of hydrogen-bond acceptors (Lipinski definition) is 4. The van der Waals surface area contributed by atoms with Crippen molar-refractivity contribution >= 4 is 10.9 Å². The van der Waals surface area contributed by atoms with Gasteiger partial charge in [0.2, 0.25) is 0 Å². The van der Waals surface area contributed by atoms with E-state index in [4.69, 9.17) is 0 Å². The van der Waals surface area contributed by atoms with E-state index < -0.39 is 11.7 Å². The van der Waals surface area contributed by atoms with Crippen LogP contribution in [0.5, 0.6) is 0 Å². The van der Waals surface area contributed by atoms with Gasteiger partial charge in [-0.05, 0) is 67.1 Å². The highest BCUT2D eigenvalue weighted by Gasteiger charge is 2.30. The number of nitrogens with zero attached hydrogens (tertiary/aromatic N) is 4. The van der Waals surface area contributed by atoms with Crippen LogP contribution in [0.4, 0.5) is 13.2 Å². The average Bonchev–Trinajstić information content (AvgIpc) is 3.27. The minimum atomic E-state index is -4.44. The van der Waals surface area contributed by atoms with Gasteiger partial charge in [-0.1, -0.05) is 12.1 Å². The summed E-state index contributed by atoms with van der Waals surface area (Å²) in [5.74, 6) is 0. The molecule has 2 aromatic carbocycles. The van der Waals surface area contributed by atoms with E-state index in [1.165, 1.54) is 22.9 Å². The van der Waals surface area contributed by atoms with Gasteiger partial charge in [-0.15, -0.1) is 0 Å². The summed E-state index contributed by atoms with van der Waals surface area (Å²) in [4.78, 5) is 17.4. The lowest BCUT2D eigenvalue weighted by molar-refractivity contribution is -0.137. The lowest BCUT2D eigenvalue weighted by Crippen LogP contribution is -2.23. The lowest BCUT2D eigenvalue weighted by atomic mass is 10.1. The highest BCUT2D eigenvalue weighted by atomic mass is 19.4. The zero-order chi connectivity index (χ0) is 25.4. The van der Waals surface area contributed by atoms with E-state index >= 15 is 0 Å². The summed E-state index contributed by atoms with van der Waals surface area (Å²) in [5, 5.41) is 15.0. The van der Waals surface area contributed by atoms with Crippen molar-refractivity contribution in [1.29, 1.82) is 0 Å². The number of aliphatic hydroxyl groups excluding tert-OH is 1. The van der Waals surface area contributed by atoms with Crippen molar-refractivity contribution in [3.63, 3.8) is 0 Å². The summed E-state index contributed by atoms with van der Waals surface area (Å²) >= 11 is 0. The van der Waals surface area contributed by atoms with Gasteiger partial charge in [-0.25, -0.2) is 4.68 Å². The molecule has 0 bridgehead atoms. The number of halogens is 3. The van der Waals surface area contributed by atoms with E-state index in [1.54, 1.807) is 47.3 Å². The van der Waals surface area contributed by atoms with Gasteiger partial charge in [0.05, 0.1) is 35.1 Å². The molecule has 3 heterocycles. The summed E-state index contributed by atoms with van der Waals surface area (Å²) in [6.07, 6.45) is -1.10. The Morgan fingerprint density at radius 3 is 2.42 bits per heavy atom. The molecule has 5 rings (SSSR count). The van der Waals surface area contributed by atoms with Crippen molar-refractivity contribution in [1.82, 2.24) is 19.3 Å². The molecule has 9 heteroatoms. The largest absolute Gasteiger partial charge is 0.416 e. The molecule has 0 saturated carbocycles. The molecule has 36 heavy (non-hydrogen) atoms. The molecule has 0 fully saturated rings. The maximum Gasteiger partial charge on any atom is 0.416 e. The maximum absolute atomic E-state index is 13.0. The Hall–Kier alpha value is -4.24. The van der Waals surface area contributed by atoms with E-state index in [-0.39, 0.29) is 18.2 Å². The second-order valence-electron chi connectivity index (χ2n) is 8.41. The van der Waals surface area contributed by atoms with E-state index in [0.29, 0.717) is 33.4 Å². The fourth-order valence-corrected chi connectivity index (χ4v) is 4.19. The first-order valence-electron chi connectivity index (χ1n) is 11.2. The zero-order valence-electron chi connectivity index (χ0n) is 19.1. The Bertz CT molecular complexity index is 1590. The summed E-state index contributed by atoms with van der Waals surface area (Å²) in [7, 11) is 0. The molecule has 0 aliphatic carbocycles. The highest BCUT2D eigenvalue weighted by Crippen LogP contribution is 2.33. The minimum absolute atomic E-state index is 0.190. The van der Waals surface area contributed by atoms with Crippen LogP contribution in [0.3, 0.4) is 0 Å². The summed E-state index contributed by atoms with van der Waals surface area (Å²) in [6.45, 7) is 1.69. The first kappa shape index (κ1) is 23.5. The molecule has 0 spiro atoms. The van der Waals surface area contributed by atoms with Crippen LogP contribution in [0.2, 0.25) is 0 Å². The molecule has 3 aromatic heterocycles. The molecule has 6 nitrogen and oxygen atoms in total. The number of benzene rings is 2. The normalized spacial score (nSPS) is 12.7. The molecule has 0 unspecified atom stereocenters. The quantitative estimate of drug-likeness (QED) is 0.360. The van der Waals surface area contributed by atoms with Crippen LogP contribution in [0, 0.1) is 0 Å². The van der Waals surface area contributed by atoms with Crippen molar-refractivity contribution in [3.8, 4) is 16.9 Å². The molecule has 182 valence electrons. The molecule has 1 N–H and O–H groups in total. The van der Waals surface area contributed by atoms with Gasteiger partial charge in [-0.2, -0.15) is 18.3 Å². The second-order valence-corrected chi connectivity index (χ2v) is 8.41. The van der Waals surface area contributed by atoms with Crippen LogP contribution in [0.25, 0.3) is 27.8 Å². The van der Waals surface area contributed by atoms with Crippen molar-refractivity contribution in [2.24, 2.45) is 0 Å². The van der Waals surface area contributed by atoms with Crippen LogP contribution >= 0.6 is 0 Å². The Kier molecular flexibility index (Phi) is 5.93. The van der Waals surface area contributed by atoms with E-state index in [9.17, 15) is 23.1 Å². The van der Waals surface area contributed by atoms with Crippen LogP contribution in [0.1, 0.15) is 29.8 Å². The molecule has 1 atom stereocenters. The van der Waals surface area contributed by atoms with Crippen LogP contribution in [0.15, 0.2) is 90.0 Å². The molecule has 5 aromatic rings. The van der Waals surface area contributed by atoms with Crippen LogP contribution in [-0.2, 0) is 12.8 Å². The van der Waals surface area contributed by atoms with Gasteiger partial charge in [0.15, 0.2) is 0 Å². The molecule has 0 aliphatic rings. The molecule has 0 radical (unpaired) electrons. The van der Waals surface area contributed by atoms with Gasteiger partial charge >= 0.3 is 6.18 Å². The molecule has 0 aliphatic heterocycles. The van der Waals surface area contributed by atoms with Crippen LogP contribution < -0.4 is 5.56 Å². The third kappa shape index (κ3) is 4.29. The van der Waals surface area contributed by atoms with Gasteiger partial charge in [0.1, 0.15) is 5.69 Å². The van der Waals surface area contributed by atoms with Crippen molar-refractivity contribution in [2.75, 3.05) is 0 Å². The van der Waals surface area contributed by atoms with E-state index in [1.807, 2.05) is 19.1 Å². The first-order chi connectivity index (χ1) is 17.3. The summed E-state index contributed by atoms with van der Waals surface area (Å²) < 4.78 is 42.2. The topological polar surface area (TPSA) is 72.9 Å². The standard InChI is InChI=1S/C27H21F3N4O2/c1-17(23-4-2-3-12-31-23)33-13-11-19(15-25(33)36)26-22-14-18(16-35)5-10-24(22)34(32-26)21-8-6-20(7-9-21)27(28,29)30/h2-15,17,35H,16H2,1H3/t17-/m0/s1. The third-order valence-corrected chi connectivity index (χ3v) is 6.12. The van der Waals surface area contributed by atoms with Crippen molar-refractivity contribution < 1.29 is 18.3 Å².